The number of carbonyl (C=O) groups is 2. The second-order valence-electron chi connectivity index (χ2n) is 4.92. The molecule has 2 atom stereocenters. The van der Waals surface area contributed by atoms with Crippen LogP contribution in [0.25, 0.3) is 5.65 Å². The molecular formula is C13H14N4O4. The maximum Gasteiger partial charge on any atom is 0.326 e. The Hall–Kier alpha value is -2.48. The number of aromatic nitrogens is 3. The van der Waals surface area contributed by atoms with Crippen molar-refractivity contribution in [1.82, 2.24) is 19.5 Å². The van der Waals surface area contributed by atoms with Crippen LogP contribution < -0.4 is 0 Å². The van der Waals surface area contributed by atoms with Crippen molar-refractivity contribution in [2.75, 3.05) is 13.7 Å². The normalized spacial score (nSPS) is 21.9. The fourth-order valence-electron chi connectivity index (χ4n) is 2.55. The van der Waals surface area contributed by atoms with Gasteiger partial charge in [-0.3, -0.25) is 9.20 Å². The summed E-state index contributed by atoms with van der Waals surface area (Å²) < 4.78 is 6.80. The molecule has 3 heterocycles. The number of ether oxygens (including phenoxy) is 1. The molecule has 8 heteroatoms. The van der Waals surface area contributed by atoms with Gasteiger partial charge >= 0.3 is 5.97 Å². The van der Waals surface area contributed by atoms with Crippen LogP contribution in [-0.4, -0.2) is 62.3 Å². The van der Waals surface area contributed by atoms with Crippen LogP contribution in [0.3, 0.4) is 0 Å². The first-order valence-electron chi connectivity index (χ1n) is 6.46. The van der Waals surface area contributed by atoms with Gasteiger partial charge in [-0.25, -0.2) is 4.79 Å². The molecule has 0 bridgehead atoms. The van der Waals surface area contributed by atoms with Crippen LogP contribution in [0.2, 0.25) is 0 Å². The van der Waals surface area contributed by atoms with E-state index in [0.717, 1.165) is 0 Å². The maximum atomic E-state index is 12.5. The molecule has 0 aromatic carbocycles. The second-order valence-corrected chi connectivity index (χ2v) is 4.92. The van der Waals surface area contributed by atoms with Crippen LogP contribution in [0.1, 0.15) is 16.8 Å². The fraction of sp³-hybridized carbons (Fsp3) is 0.385. The van der Waals surface area contributed by atoms with Crippen molar-refractivity contribution in [2.45, 2.75) is 18.6 Å². The summed E-state index contributed by atoms with van der Waals surface area (Å²) >= 11 is 0. The third kappa shape index (κ3) is 2.33. The van der Waals surface area contributed by atoms with Gasteiger partial charge in [0.15, 0.2) is 5.65 Å². The number of rotatable bonds is 3. The van der Waals surface area contributed by atoms with Gasteiger partial charge in [0.25, 0.3) is 5.91 Å². The van der Waals surface area contributed by atoms with Crippen LogP contribution in [0.15, 0.2) is 24.7 Å². The van der Waals surface area contributed by atoms with E-state index in [1.807, 2.05) is 0 Å². The van der Waals surface area contributed by atoms with Crippen LogP contribution in [0, 0.1) is 0 Å². The lowest BCUT2D eigenvalue weighted by atomic mass is 10.2. The van der Waals surface area contributed by atoms with Gasteiger partial charge in [0, 0.05) is 26.3 Å². The summed E-state index contributed by atoms with van der Waals surface area (Å²) in [5.74, 6) is -1.36. The highest BCUT2D eigenvalue weighted by molar-refractivity contribution is 5.97. The summed E-state index contributed by atoms with van der Waals surface area (Å²) in [5, 5.41) is 16.9. The average Bonchev–Trinajstić information content (AvgIpc) is 3.11. The molecule has 0 spiro atoms. The molecule has 1 fully saturated rings. The minimum atomic E-state index is -1.02. The van der Waals surface area contributed by atoms with Gasteiger partial charge in [0.1, 0.15) is 12.4 Å². The fourth-order valence-corrected chi connectivity index (χ4v) is 2.55. The van der Waals surface area contributed by atoms with E-state index in [9.17, 15) is 14.7 Å². The Balaban J connectivity index is 1.90. The number of hydrogen-bond donors (Lipinski definition) is 1. The molecule has 3 rings (SSSR count). The number of fused-ring (bicyclic) bond motifs is 1. The molecule has 1 N–H and O–H groups in total. The monoisotopic (exact) mass is 290 g/mol. The van der Waals surface area contributed by atoms with Crippen molar-refractivity contribution in [1.29, 1.82) is 0 Å². The maximum absolute atomic E-state index is 12.5. The van der Waals surface area contributed by atoms with Crippen LogP contribution >= 0.6 is 0 Å². The molecule has 21 heavy (non-hydrogen) atoms. The van der Waals surface area contributed by atoms with Crippen molar-refractivity contribution in [3.63, 3.8) is 0 Å². The number of nitrogens with zero attached hydrogens (tertiary/aromatic N) is 4. The molecule has 1 saturated heterocycles. The third-order valence-corrected chi connectivity index (χ3v) is 3.68. The van der Waals surface area contributed by atoms with Crippen molar-refractivity contribution in [3.8, 4) is 0 Å². The molecule has 2 aromatic heterocycles. The van der Waals surface area contributed by atoms with E-state index >= 15 is 0 Å². The van der Waals surface area contributed by atoms with Gasteiger partial charge in [0.2, 0.25) is 0 Å². The predicted octanol–water partition coefficient (Wildman–Crippen LogP) is 0.0434. The van der Waals surface area contributed by atoms with E-state index in [-0.39, 0.29) is 18.6 Å². The highest BCUT2D eigenvalue weighted by Gasteiger charge is 2.40. The topological polar surface area (TPSA) is 97.0 Å². The minimum absolute atomic E-state index is 0.256. The number of carboxylic acid groups (broad SMARTS) is 1. The van der Waals surface area contributed by atoms with Gasteiger partial charge in [-0.05, 0) is 12.1 Å². The molecule has 110 valence electrons. The highest BCUT2D eigenvalue weighted by Crippen LogP contribution is 2.22. The van der Waals surface area contributed by atoms with Gasteiger partial charge in [0.05, 0.1) is 11.7 Å². The Kier molecular flexibility index (Phi) is 3.30. The number of amides is 1. The molecule has 0 aliphatic carbocycles. The highest BCUT2D eigenvalue weighted by atomic mass is 16.5. The third-order valence-electron chi connectivity index (χ3n) is 3.68. The molecule has 0 radical (unpaired) electrons. The van der Waals surface area contributed by atoms with Gasteiger partial charge in [-0.2, -0.15) is 0 Å². The number of hydrogen-bond acceptors (Lipinski definition) is 5. The van der Waals surface area contributed by atoms with Gasteiger partial charge in [-0.1, -0.05) is 0 Å². The zero-order valence-electron chi connectivity index (χ0n) is 11.3. The lowest BCUT2D eigenvalue weighted by Crippen LogP contribution is -2.40. The Bertz CT molecular complexity index is 698. The minimum Gasteiger partial charge on any atom is -0.480 e. The number of carbonyl (C=O) groups excluding carboxylic acids is 1. The summed E-state index contributed by atoms with van der Waals surface area (Å²) in [6.45, 7) is 0.270. The summed E-state index contributed by atoms with van der Waals surface area (Å²) in [6.07, 6.45) is 3.13. The Morgan fingerprint density at radius 1 is 1.43 bits per heavy atom. The number of aliphatic carboxylic acids is 1. The van der Waals surface area contributed by atoms with E-state index in [4.69, 9.17) is 4.74 Å². The second kappa shape index (κ2) is 5.13. The molecule has 2 unspecified atom stereocenters. The first-order chi connectivity index (χ1) is 10.1. The number of pyridine rings is 1. The Morgan fingerprint density at radius 2 is 2.24 bits per heavy atom. The predicted molar refractivity (Wildman–Crippen MR) is 70.9 cm³/mol. The van der Waals surface area contributed by atoms with E-state index < -0.39 is 12.0 Å². The lowest BCUT2D eigenvalue weighted by Gasteiger charge is -2.21. The van der Waals surface area contributed by atoms with E-state index in [1.165, 1.54) is 18.3 Å². The van der Waals surface area contributed by atoms with E-state index in [1.54, 1.807) is 22.7 Å². The summed E-state index contributed by atoms with van der Waals surface area (Å²) in [6, 6.07) is 2.42. The number of carboxylic acids is 1. The largest absolute Gasteiger partial charge is 0.480 e. The van der Waals surface area contributed by atoms with Crippen molar-refractivity contribution in [3.05, 3.63) is 30.2 Å². The molecular weight excluding hydrogens is 276 g/mol. The Morgan fingerprint density at radius 3 is 2.95 bits per heavy atom. The summed E-state index contributed by atoms with van der Waals surface area (Å²) in [7, 11) is 1.51. The summed E-state index contributed by atoms with van der Waals surface area (Å²) in [5.41, 5.74) is 1.02. The quantitative estimate of drug-likeness (QED) is 0.857. The van der Waals surface area contributed by atoms with Crippen LogP contribution in [0.4, 0.5) is 0 Å². The van der Waals surface area contributed by atoms with E-state index in [2.05, 4.69) is 10.2 Å². The van der Waals surface area contributed by atoms with Gasteiger partial charge < -0.3 is 14.7 Å². The lowest BCUT2D eigenvalue weighted by molar-refractivity contribution is -0.141. The van der Waals surface area contributed by atoms with Crippen molar-refractivity contribution in [2.24, 2.45) is 0 Å². The van der Waals surface area contributed by atoms with Crippen LogP contribution in [-0.2, 0) is 9.53 Å². The van der Waals surface area contributed by atoms with Crippen LogP contribution in [0.5, 0.6) is 0 Å². The standard InChI is InChI=1S/C13H14N4O4/c1-21-9-4-10(13(19)20)17(6-9)12(18)8-2-3-11-15-14-7-16(11)5-8/h2-3,5,7,9-10H,4,6H2,1H3,(H,19,20). The Labute approximate surface area is 119 Å². The molecule has 1 amide bonds. The van der Waals surface area contributed by atoms with Crippen molar-refractivity contribution < 1.29 is 19.4 Å². The number of methoxy groups -OCH3 is 1. The average molecular weight is 290 g/mol. The van der Waals surface area contributed by atoms with Crippen molar-refractivity contribution >= 4 is 17.5 Å². The van der Waals surface area contributed by atoms with E-state index in [0.29, 0.717) is 17.6 Å². The molecule has 8 nitrogen and oxygen atoms in total. The zero-order valence-corrected chi connectivity index (χ0v) is 11.3. The molecule has 2 aromatic rings. The SMILES string of the molecule is COC1CC(C(=O)O)N(C(=O)c2ccc3nncn3c2)C1. The smallest absolute Gasteiger partial charge is 0.326 e. The molecule has 1 aliphatic rings. The molecule has 0 saturated carbocycles. The number of likely N-dealkylation sites (tertiary alicyclic amines) is 1. The zero-order chi connectivity index (χ0) is 15.0. The first kappa shape index (κ1) is 13.5. The first-order valence-corrected chi connectivity index (χ1v) is 6.46. The van der Waals surface area contributed by atoms with Gasteiger partial charge in [-0.15, -0.1) is 10.2 Å². The summed E-state index contributed by atoms with van der Waals surface area (Å²) in [4.78, 5) is 25.2. The molecule has 1 aliphatic heterocycles.